The summed E-state index contributed by atoms with van der Waals surface area (Å²) in [6.45, 7) is 5.61. The van der Waals surface area contributed by atoms with E-state index in [1.807, 2.05) is 0 Å². The van der Waals surface area contributed by atoms with Gasteiger partial charge in [-0.2, -0.15) is 0 Å². The topological polar surface area (TPSA) is 52.6 Å². The molecule has 1 unspecified atom stereocenters. The molecule has 1 rings (SSSR count). The van der Waals surface area contributed by atoms with Gasteiger partial charge in [0.1, 0.15) is 0 Å². The lowest BCUT2D eigenvalue weighted by atomic mass is 10.1. The van der Waals surface area contributed by atoms with E-state index >= 15 is 0 Å². The van der Waals surface area contributed by atoms with Crippen molar-refractivity contribution in [2.24, 2.45) is 0 Å². The summed E-state index contributed by atoms with van der Waals surface area (Å²) in [5.41, 5.74) is 0. The number of amides is 1. The van der Waals surface area contributed by atoms with Crippen LogP contribution in [0.15, 0.2) is 0 Å². The maximum atomic E-state index is 11.8. The number of nitrogens with one attached hydrogen (secondary N) is 1. The van der Waals surface area contributed by atoms with Crippen LogP contribution in [-0.2, 0) is 4.79 Å². The zero-order valence-electron chi connectivity index (χ0n) is 9.70. The highest BCUT2D eigenvalue weighted by Crippen LogP contribution is 2.14. The summed E-state index contributed by atoms with van der Waals surface area (Å²) in [5.74, 6) is 0.120. The molecule has 1 aliphatic rings. The summed E-state index contributed by atoms with van der Waals surface area (Å²) in [4.78, 5) is 13.9. The molecule has 2 N–H and O–H groups in total. The maximum absolute atomic E-state index is 11.8. The summed E-state index contributed by atoms with van der Waals surface area (Å²) in [5, 5.41) is 11.9. The zero-order valence-corrected chi connectivity index (χ0v) is 9.70. The predicted molar refractivity (Wildman–Crippen MR) is 59.6 cm³/mol. The Morgan fingerprint density at radius 3 is 2.87 bits per heavy atom. The van der Waals surface area contributed by atoms with Crippen LogP contribution in [-0.4, -0.2) is 47.7 Å². The van der Waals surface area contributed by atoms with Crippen molar-refractivity contribution in [2.45, 2.75) is 45.2 Å². The van der Waals surface area contributed by atoms with E-state index in [2.05, 4.69) is 24.1 Å². The third kappa shape index (κ3) is 3.47. The van der Waals surface area contributed by atoms with Crippen LogP contribution in [0.3, 0.4) is 0 Å². The number of carbonyl (C=O) groups is 1. The molecular formula is C11H22N2O2. The highest BCUT2D eigenvalue weighted by Gasteiger charge is 2.28. The fourth-order valence-corrected chi connectivity index (χ4v) is 2.13. The summed E-state index contributed by atoms with van der Waals surface area (Å²) in [7, 11) is 0. The molecule has 1 saturated heterocycles. The fourth-order valence-electron chi connectivity index (χ4n) is 2.13. The molecule has 0 aliphatic carbocycles. The molecule has 1 aliphatic heterocycles. The third-order valence-electron chi connectivity index (χ3n) is 2.93. The molecule has 0 aromatic rings. The van der Waals surface area contributed by atoms with Crippen molar-refractivity contribution in [3.05, 3.63) is 0 Å². The van der Waals surface area contributed by atoms with Crippen molar-refractivity contribution in [3.63, 3.8) is 0 Å². The molecular weight excluding hydrogens is 192 g/mol. The highest BCUT2D eigenvalue weighted by atomic mass is 16.3. The fraction of sp³-hybridized carbons (Fsp3) is 0.909. The predicted octanol–water partition coefficient (Wildman–Crippen LogP) is 0.358. The van der Waals surface area contributed by atoms with Crippen LogP contribution in [0, 0.1) is 0 Å². The molecule has 4 nitrogen and oxygen atoms in total. The zero-order chi connectivity index (χ0) is 11.3. The van der Waals surface area contributed by atoms with E-state index < -0.39 is 0 Å². The molecule has 0 bridgehead atoms. The lowest BCUT2D eigenvalue weighted by Crippen LogP contribution is -2.49. The first-order valence-electron chi connectivity index (χ1n) is 5.81. The smallest absolute Gasteiger partial charge is 0.237 e. The molecule has 4 heteroatoms. The van der Waals surface area contributed by atoms with E-state index in [0.29, 0.717) is 12.6 Å². The van der Waals surface area contributed by atoms with Gasteiger partial charge in [-0.1, -0.05) is 0 Å². The average molecular weight is 214 g/mol. The summed E-state index contributed by atoms with van der Waals surface area (Å²) in [6, 6.07) is 0.241. The van der Waals surface area contributed by atoms with Gasteiger partial charge in [0.15, 0.2) is 0 Å². The first kappa shape index (κ1) is 12.5. The molecule has 0 radical (unpaired) electrons. The monoisotopic (exact) mass is 214 g/mol. The first-order valence-corrected chi connectivity index (χ1v) is 5.81. The van der Waals surface area contributed by atoms with E-state index in [-0.39, 0.29) is 18.6 Å². The molecule has 0 aromatic carbocycles. The van der Waals surface area contributed by atoms with Crippen LogP contribution >= 0.6 is 0 Å². The van der Waals surface area contributed by atoms with Crippen LogP contribution in [0.2, 0.25) is 0 Å². The Morgan fingerprint density at radius 2 is 2.27 bits per heavy atom. The minimum atomic E-state index is -0.0559. The van der Waals surface area contributed by atoms with Crippen molar-refractivity contribution >= 4 is 5.91 Å². The summed E-state index contributed by atoms with van der Waals surface area (Å²) in [6.07, 6.45) is 3.05. The second kappa shape index (κ2) is 6.08. The number of rotatable bonds is 4. The SMILES string of the molecule is CC(C)N(CCO)C1CCCCNC1=O. The Hall–Kier alpha value is -0.610. The van der Waals surface area contributed by atoms with E-state index in [1.165, 1.54) is 0 Å². The lowest BCUT2D eigenvalue weighted by molar-refractivity contribution is -0.127. The van der Waals surface area contributed by atoms with Gasteiger partial charge in [-0.25, -0.2) is 0 Å². The molecule has 15 heavy (non-hydrogen) atoms. The maximum Gasteiger partial charge on any atom is 0.237 e. The van der Waals surface area contributed by atoms with Crippen molar-refractivity contribution in [1.82, 2.24) is 10.2 Å². The van der Waals surface area contributed by atoms with Gasteiger partial charge in [0.25, 0.3) is 0 Å². The molecule has 1 amide bonds. The Balaban J connectivity index is 2.66. The Kier molecular flexibility index (Phi) is 5.05. The van der Waals surface area contributed by atoms with Gasteiger partial charge in [-0.3, -0.25) is 9.69 Å². The van der Waals surface area contributed by atoms with Crippen LogP contribution in [0.1, 0.15) is 33.1 Å². The van der Waals surface area contributed by atoms with E-state index in [4.69, 9.17) is 5.11 Å². The summed E-state index contributed by atoms with van der Waals surface area (Å²) >= 11 is 0. The Morgan fingerprint density at radius 1 is 1.53 bits per heavy atom. The van der Waals surface area contributed by atoms with E-state index in [1.54, 1.807) is 0 Å². The first-order chi connectivity index (χ1) is 7.16. The average Bonchev–Trinajstić information content (AvgIpc) is 2.39. The molecule has 0 spiro atoms. The number of carbonyl (C=O) groups excluding carboxylic acids is 1. The number of aliphatic hydroxyl groups is 1. The minimum Gasteiger partial charge on any atom is -0.395 e. The molecule has 0 aromatic heterocycles. The number of aliphatic hydroxyl groups excluding tert-OH is 1. The van der Waals surface area contributed by atoms with Crippen LogP contribution in [0.25, 0.3) is 0 Å². The molecule has 0 saturated carbocycles. The second-order valence-corrected chi connectivity index (χ2v) is 4.36. The van der Waals surface area contributed by atoms with Crippen molar-refractivity contribution in [2.75, 3.05) is 19.7 Å². The van der Waals surface area contributed by atoms with Gasteiger partial charge in [0.05, 0.1) is 12.6 Å². The van der Waals surface area contributed by atoms with Gasteiger partial charge in [0.2, 0.25) is 5.91 Å². The van der Waals surface area contributed by atoms with Gasteiger partial charge >= 0.3 is 0 Å². The molecule has 1 fully saturated rings. The standard InChI is InChI=1S/C11H22N2O2/c1-9(2)13(7-8-14)10-5-3-4-6-12-11(10)15/h9-10,14H,3-8H2,1-2H3,(H,12,15). The van der Waals surface area contributed by atoms with Gasteiger partial charge in [0, 0.05) is 19.1 Å². The van der Waals surface area contributed by atoms with Crippen LogP contribution in [0.5, 0.6) is 0 Å². The normalized spacial score (nSPS) is 23.0. The third-order valence-corrected chi connectivity index (χ3v) is 2.93. The van der Waals surface area contributed by atoms with Gasteiger partial charge in [-0.15, -0.1) is 0 Å². The van der Waals surface area contributed by atoms with Crippen molar-refractivity contribution in [3.8, 4) is 0 Å². The Bertz CT molecular complexity index is 207. The molecule has 1 heterocycles. The van der Waals surface area contributed by atoms with Crippen molar-refractivity contribution in [1.29, 1.82) is 0 Å². The van der Waals surface area contributed by atoms with Crippen LogP contribution in [0.4, 0.5) is 0 Å². The summed E-state index contributed by atoms with van der Waals surface area (Å²) < 4.78 is 0. The minimum absolute atomic E-state index is 0.0559. The lowest BCUT2D eigenvalue weighted by Gasteiger charge is -2.32. The number of hydrogen-bond donors (Lipinski definition) is 2. The molecule has 1 atom stereocenters. The van der Waals surface area contributed by atoms with Gasteiger partial charge < -0.3 is 10.4 Å². The number of hydrogen-bond acceptors (Lipinski definition) is 3. The highest BCUT2D eigenvalue weighted by molar-refractivity contribution is 5.81. The van der Waals surface area contributed by atoms with Crippen molar-refractivity contribution < 1.29 is 9.90 Å². The van der Waals surface area contributed by atoms with E-state index in [0.717, 1.165) is 25.8 Å². The largest absolute Gasteiger partial charge is 0.395 e. The van der Waals surface area contributed by atoms with Gasteiger partial charge in [-0.05, 0) is 33.1 Å². The second-order valence-electron chi connectivity index (χ2n) is 4.36. The number of nitrogens with zero attached hydrogens (tertiary/aromatic N) is 1. The van der Waals surface area contributed by atoms with E-state index in [9.17, 15) is 4.79 Å². The molecule has 88 valence electrons. The quantitative estimate of drug-likeness (QED) is 0.710. The van der Waals surface area contributed by atoms with Crippen LogP contribution < -0.4 is 5.32 Å². The Labute approximate surface area is 91.6 Å².